The van der Waals surface area contributed by atoms with Gasteiger partial charge in [0.25, 0.3) is 0 Å². The van der Waals surface area contributed by atoms with E-state index in [2.05, 4.69) is 36.8 Å². The summed E-state index contributed by atoms with van der Waals surface area (Å²) in [5.41, 5.74) is 1.29. The standard InChI is InChI=1S/C13H23N3/c1-4-11(5-2)16-13(14-6-3)9-12(15-16)10-7-8-10/h9-11,14H,4-8H2,1-3H3. The van der Waals surface area contributed by atoms with E-state index in [1.807, 2.05) is 0 Å². The van der Waals surface area contributed by atoms with Crippen LogP contribution in [0.2, 0.25) is 0 Å². The third kappa shape index (κ3) is 2.23. The lowest BCUT2D eigenvalue weighted by atomic mass is 10.2. The van der Waals surface area contributed by atoms with Gasteiger partial charge in [0.15, 0.2) is 0 Å². The maximum absolute atomic E-state index is 4.79. The van der Waals surface area contributed by atoms with Crippen molar-refractivity contribution in [3.8, 4) is 0 Å². The van der Waals surface area contributed by atoms with Crippen molar-refractivity contribution in [1.29, 1.82) is 0 Å². The monoisotopic (exact) mass is 221 g/mol. The van der Waals surface area contributed by atoms with E-state index in [1.54, 1.807) is 0 Å². The molecular weight excluding hydrogens is 198 g/mol. The minimum Gasteiger partial charge on any atom is -0.371 e. The molecule has 1 fully saturated rings. The van der Waals surface area contributed by atoms with Gasteiger partial charge in [-0.3, -0.25) is 0 Å². The summed E-state index contributed by atoms with van der Waals surface area (Å²) in [5.74, 6) is 1.95. The molecule has 1 heterocycles. The Balaban J connectivity index is 2.24. The SMILES string of the molecule is CCNc1cc(C2CC2)nn1C(CC)CC. The molecule has 90 valence electrons. The van der Waals surface area contributed by atoms with Gasteiger partial charge < -0.3 is 5.32 Å². The van der Waals surface area contributed by atoms with E-state index in [4.69, 9.17) is 5.10 Å². The van der Waals surface area contributed by atoms with Crippen LogP contribution in [-0.4, -0.2) is 16.3 Å². The Morgan fingerprint density at radius 2 is 2.06 bits per heavy atom. The highest BCUT2D eigenvalue weighted by atomic mass is 15.3. The molecule has 1 aliphatic rings. The second-order valence-electron chi connectivity index (χ2n) is 4.67. The smallest absolute Gasteiger partial charge is 0.124 e. The highest BCUT2D eigenvalue weighted by molar-refractivity contribution is 5.39. The van der Waals surface area contributed by atoms with Crippen LogP contribution in [-0.2, 0) is 0 Å². The Bertz CT molecular complexity index is 335. The molecular formula is C13H23N3. The number of nitrogens with zero attached hydrogens (tertiary/aromatic N) is 2. The summed E-state index contributed by atoms with van der Waals surface area (Å²) in [6.07, 6.45) is 4.96. The van der Waals surface area contributed by atoms with Gasteiger partial charge >= 0.3 is 0 Å². The zero-order chi connectivity index (χ0) is 11.5. The first-order valence-corrected chi connectivity index (χ1v) is 6.63. The minimum atomic E-state index is 0.543. The largest absolute Gasteiger partial charge is 0.371 e. The van der Waals surface area contributed by atoms with Crippen LogP contribution in [0.5, 0.6) is 0 Å². The number of anilines is 1. The van der Waals surface area contributed by atoms with Crippen LogP contribution in [0.3, 0.4) is 0 Å². The zero-order valence-electron chi connectivity index (χ0n) is 10.7. The van der Waals surface area contributed by atoms with Crippen LogP contribution in [0.1, 0.15) is 64.1 Å². The first-order chi connectivity index (χ1) is 7.80. The van der Waals surface area contributed by atoms with Gasteiger partial charge in [0.05, 0.1) is 11.7 Å². The van der Waals surface area contributed by atoms with Gasteiger partial charge in [-0.1, -0.05) is 13.8 Å². The molecule has 0 aromatic carbocycles. The molecule has 1 aromatic rings. The van der Waals surface area contributed by atoms with Crippen LogP contribution < -0.4 is 5.32 Å². The van der Waals surface area contributed by atoms with Gasteiger partial charge in [0, 0.05) is 18.5 Å². The fourth-order valence-electron chi connectivity index (χ4n) is 2.22. The molecule has 1 N–H and O–H groups in total. The predicted octanol–water partition coefficient (Wildman–Crippen LogP) is 3.55. The quantitative estimate of drug-likeness (QED) is 0.796. The lowest BCUT2D eigenvalue weighted by Crippen LogP contribution is -2.13. The van der Waals surface area contributed by atoms with Gasteiger partial charge in [0.1, 0.15) is 5.82 Å². The third-order valence-corrected chi connectivity index (χ3v) is 3.40. The van der Waals surface area contributed by atoms with Crippen LogP contribution in [0.15, 0.2) is 6.07 Å². The van der Waals surface area contributed by atoms with E-state index in [0.717, 1.165) is 25.3 Å². The van der Waals surface area contributed by atoms with E-state index >= 15 is 0 Å². The summed E-state index contributed by atoms with van der Waals surface area (Å²) in [6.45, 7) is 7.59. The molecule has 2 rings (SSSR count). The first kappa shape index (κ1) is 11.5. The summed E-state index contributed by atoms with van der Waals surface area (Å²) in [4.78, 5) is 0. The second kappa shape index (κ2) is 4.89. The Labute approximate surface area is 98.2 Å². The molecule has 0 atom stereocenters. The molecule has 1 saturated carbocycles. The topological polar surface area (TPSA) is 29.9 Å². The van der Waals surface area contributed by atoms with Crippen LogP contribution in [0, 0.1) is 0 Å². The number of aromatic nitrogens is 2. The summed E-state index contributed by atoms with van der Waals surface area (Å²) in [7, 11) is 0. The van der Waals surface area contributed by atoms with Crippen LogP contribution in [0.25, 0.3) is 0 Å². The highest BCUT2D eigenvalue weighted by Crippen LogP contribution is 2.40. The van der Waals surface area contributed by atoms with Crippen LogP contribution >= 0.6 is 0 Å². The third-order valence-electron chi connectivity index (χ3n) is 3.40. The number of nitrogens with one attached hydrogen (secondary N) is 1. The molecule has 0 aliphatic heterocycles. The maximum atomic E-state index is 4.79. The van der Waals surface area contributed by atoms with Crippen molar-refractivity contribution in [2.45, 2.75) is 58.4 Å². The van der Waals surface area contributed by atoms with Crippen molar-refractivity contribution in [2.24, 2.45) is 0 Å². The molecule has 1 aliphatic carbocycles. The Morgan fingerprint density at radius 1 is 1.38 bits per heavy atom. The predicted molar refractivity (Wildman–Crippen MR) is 68.0 cm³/mol. The molecule has 3 heteroatoms. The first-order valence-electron chi connectivity index (χ1n) is 6.63. The summed E-state index contributed by atoms with van der Waals surface area (Å²) in [5, 5.41) is 8.22. The molecule has 3 nitrogen and oxygen atoms in total. The second-order valence-corrected chi connectivity index (χ2v) is 4.67. The van der Waals surface area contributed by atoms with E-state index in [1.165, 1.54) is 24.4 Å². The van der Waals surface area contributed by atoms with E-state index in [0.29, 0.717) is 6.04 Å². The lowest BCUT2D eigenvalue weighted by Gasteiger charge is -2.16. The average molecular weight is 221 g/mol. The number of hydrogen-bond acceptors (Lipinski definition) is 2. The molecule has 0 spiro atoms. The van der Waals surface area contributed by atoms with Crippen molar-refractivity contribution in [3.05, 3.63) is 11.8 Å². The molecule has 0 amide bonds. The van der Waals surface area contributed by atoms with Gasteiger partial charge in [-0.05, 0) is 32.6 Å². The Kier molecular flexibility index (Phi) is 3.52. The van der Waals surface area contributed by atoms with Gasteiger partial charge in [-0.15, -0.1) is 0 Å². The fraction of sp³-hybridized carbons (Fsp3) is 0.769. The Hall–Kier alpha value is -0.990. The normalized spacial score (nSPS) is 15.8. The Morgan fingerprint density at radius 3 is 2.56 bits per heavy atom. The van der Waals surface area contributed by atoms with E-state index < -0.39 is 0 Å². The molecule has 16 heavy (non-hydrogen) atoms. The van der Waals surface area contributed by atoms with Crippen molar-refractivity contribution >= 4 is 5.82 Å². The highest BCUT2D eigenvalue weighted by Gasteiger charge is 2.28. The van der Waals surface area contributed by atoms with Crippen molar-refractivity contribution in [1.82, 2.24) is 9.78 Å². The van der Waals surface area contributed by atoms with Gasteiger partial charge in [-0.2, -0.15) is 5.10 Å². The van der Waals surface area contributed by atoms with Crippen molar-refractivity contribution < 1.29 is 0 Å². The fourth-order valence-corrected chi connectivity index (χ4v) is 2.22. The maximum Gasteiger partial charge on any atom is 0.124 e. The number of hydrogen-bond donors (Lipinski definition) is 1. The zero-order valence-corrected chi connectivity index (χ0v) is 10.7. The molecule has 0 radical (unpaired) electrons. The molecule has 0 bridgehead atoms. The van der Waals surface area contributed by atoms with E-state index in [9.17, 15) is 0 Å². The van der Waals surface area contributed by atoms with Gasteiger partial charge in [-0.25, -0.2) is 4.68 Å². The van der Waals surface area contributed by atoms with E-state index in [-0.39, 0.29) is 0 Å². The average Bonchev–Trinajstić information content (AvgIpc) is 3.05. The lowest BCUT2D eigenvalue weighted by molar-refractivity contribution is 0.430. The van der Waals surface area contributed by atoms with Crippen molar-refractivity contribution in [3.63, 3.8) is 0 Å². The number of rotatable bonds is 6. The summed E-state index contributed by atoms with van der Waals surface area (Å²) >= 11 is 0. The molecule has 0 unspecified atom stereocenters. The minimum absolute atomic E-state index is 0.543. The van der Waals surface area contributed by atoms with Gasteiger partial charge in [0.2, 0.25) is 0 Å². The van der Waals surface area contributed by atoms with Crippen LogP contribution in [0.4, 0.5) is 5.82 Å². The van der Waals surface area contributed by atoms with Crippen molar-refractivity contribution in [2.75, 3.05) is 11.9 Å². The summed E-state index contributed by atoms with van der Waals surface area (Å²) in [6, 6.07) is 2.79. The molecule has 0 saturated heterocycles. The molecule has 1 aromatic heterocycles. The summed E-state index contributed by atoms with van der Waals surface area (Å²) < 4.78 is 2.21.